The minimum atomic E-state index is -1.19. The Morgan fingerprint density at radius 2 is 1.66 bits per heavy atom. The van der Waals surface area contributed by atoms with Crippen molar-refractivity contribution in [3.8, 4) is 5.75 Å². The molecule has 0 radical (unpaired) electrons. The van der Waals surface area contributed by atoms with Gasteiger partial charge in [0.1, 0.15) is 12.4 Å². The molecule has 0 unspecified atom stereocenters. The summed E-state index contributed by atoms with van der Waals surface area (Å²) in [6.07, 6.45) is 3.23. The lowest BCUT2D eigenvalue weighted by molar-refractivity contribution is -0.140. The highest BCUT2D eigenvalue weighted by Crippen LogP contribution is 2.34. The van der Waals surface area contributed by atoms with E-state index in [2.05, 4.69) is 43.2 Å². The van der Waals surface area contributed by atoms with Gasteiger partial charge in [0, 0.05) is 23.5 Å². The molecule has 1 aliphatic rings. The summed E-state index contributed by atoms with van der Waals surface area (Å²) in [6.45, 7) is 6.24. The largest absolute Gasteiger partial charge is 0.506 e. The zero-order chi connectivity index (χ0) is 25.8. The molecule has 188 valence electrons. The molecule has 0 spiro atoms. The standard InChI is InChI=1S/C25H30N2O3.C2H4O3/c1-4-15-10-17-12-25(3,13-18(17)11-16(15)5-2)26-14-22(29)19-6-8-21(28)24-20(19)7-9-23(30)27-24;3-1-2(4)5/h6-11,22,26,28-29H,4-5,12-14H2,1-3H3,(H,27,30);3H,1H2,(H,4,5)/t22-;/m0./s1. The molecule has 0 amide bonds. The van der Waals surface area contributed by atoms with E-state index in [0.717, 1.165) is 25.7 Å². The van der Waals surface area contributed by atoms with E-state index in [9.17, 15) is 15.0 Å². The van der Waals surface area contributed by atoms with Crippen LogP contribution in [-0.4, -0.2) is 50.1 Å². The molecule has 0 saturated carbocycles. The number of aliphatic carboxylic acids is 1. The van der Waals surface area contributed by atoms with Gasteiger partial charge in [0.25, 0.3) is 0 Å². The van der Waals surface area contributed by atoms with Gasteiger partial charge < -0.3 is 30.7 Å². The van der Waals surface area contributed by atoms with Gasteiger partial charge in [0.2, 0.25) is 5.56 Å². The molecule has 1 aliphatic carbocycles. The number of carbonyl (C=O) groups is 1. The molecule has 1 aromatic heterocycles. The molecule has 1 heterocycles. The molecule has 35 heavy (non-hydrogen) atoms. The molecule has 0 aliphatic heterocycles. The molecular weight excluding hydrogens is 448 g/mol. The number of phenolic OH excluding ortho intramolecular Hbond substituents is 1. The topological polar surface area (TPSA) is 143 Å². The second-order valence-electron chi connectivity index (χ2n) is 9.24. The molecule has 6 N–H and O–H groups in total. The van der Waals surface area contributed by atoms with Crippen molar-refractivity contribution < 1.29 is 25.2 Å². The van der Waals surface area contributed by atoms with Gasteiger partial charge in [-0.3, -0.25) is 4.79 Å². The third kappa shape index (κ3) is 6.08. The zero-order valence-electron chi connectivity index (χ0n) is 20.4. The van der Waals surface area contributed by atoms with Crippen LogP contribution in [0.4, 0.5) is 0 Å². The third-order valence-corrected chi connectivity index (χ3v) is 6.57. The van der Waals surface area contributed by atoms with Gasteiger partial charge in [0.05, 0.1) is 11.6 Å². The predicted octanol–water partition coefficient (Wildman–Crippen LogP) is 2.60. The Bertz CT molecular complexity index is 1230. The summed E-state index contributed by atoms with van der Waals surface area (Å²) in [5.41, 5.74) is 6.33. The highest BCUT2D eigenvalue weighted by atomic mass is 16.4. The number of hydrogen-bond acceptors (Lipinski definition) is 6. The second-order valence-corrected chi connectivity index (χ2v) is 9.24. The lowest BCUT2D eigenvalue weighted by atomic mass is 9.97. The van der Waals surface area contributed by atoms with Gasteiger partial charge in [-0.1, -0.05) is 32.0 Å². The number of rotatable bonds is 7. The van der Waals surface area contributed by atoms with Crippen molar-refractivity contribution in [2.45, 2.75) is 58.1 Å². The van der Waals surface area contributed by atoms with Crippen molar-refractivity contribution in [2.24, 2.45) is 0 Å². The molecule has 0 saturated heterocycles. The number of aromatic amines is 1. The number of H-pyrrole nitrogens is 1. The molecular formula is C27H34N2O6. The van der Waals surface area contributed by atoms with Crippen LogP contribution in [-0.2, 0) is 30.5 Å². The van der Waals surface area contributed by atoms with Crippen LogP contribution in [0, 0.1) is 0 Å². The molecule has 4 rings (SSSR count). The number of hydrogen-bond donors (Lipinski definition) is 6. The maximum atomic E-state index is 11.6. The van der Waals surface area contributed by atoms with Crippen LogP contribution in [0.2, 0.25) is 0 Å². The fourth-order valence-electron chi connectivity index (χ4n) is 4.81. The quantitative estimate of drug-likeness (QED) is 0.304. The van der Waals surface area contributed by atoms with Crippen LogP contribution in [0.3, 0.4) is 0 Å². The summed E-state index contributed by atoms with van der Waals surface area (Å²) in [5, 5.41) is 40.2. The zero-order valence-corrected chi connectivity index (χ0v) is 20.4. The van der Waals surface area contributed by atoms with Gasteiger partial charge in [-0.15, -0.1) is 0 Å². The van der Waals surface area contributed by atoms with Gasteiger partial charge >= 0.3 is 5.97 Å². The van der Waals surface area contributed by atoms with E-state index in [1.165, 1.54) is 34.4 Å². The first-order valence-corrected chi connectivity index (χ1v) is 11.8. The molecule has 2 aromatic carbocycles. The van der Waals surface area contributed by atoms with Crippen molar-refractivity contribution in [2.75, 3.05) is 13.2 Å². The first-order chi connectivity index (χ1) is 16.6. The van der Waals surface area contributed by atoms with Crippen molar-refractivity contribution in [3.05, 3.63) is 74.6 Å². The number of fused-ring (bicyclic) bond motifs is 2. The van der Waals surface area contributed by atoms with Crippen molar-refractivity contribution >= 4 is 16.9 Å². The van der Waals surface area contributed by atoms with Crippen molar-refractivity contribution in [3.63, 3.8) is 0 Å². The summed E-state index contributed by atoms with van der Waals surface area (Å²) >= 11 is 0. The number of aromatic nitrogens is 1. The SMILES string of the molecule is CCc1cc2c(cc1CC)CC(C)(NC[C@H](O)c1ccc(O)c3[nH]c(=O)ccc13)C2.O=C(O)CO. The first kappa shape index (κ1) is 26.4. The van der Waals surface area contributed by atoms with Crippen LogP contribution in [0.15, 0.2) is 41.2 Å². The second kappa shape index (κ2) is 11.0. The summed E-state index contributed by atoms with van der Waals surface area (Å²) in [7, 11) is 0. The number of β-amino-alcohol motifs (C(OH)–C–C–N with tert-alkyl or cyclic N) is 1. The van der Waals surface area contributed by atoms with E-state index >= 15 is 0 Å². The summed E-state index contributed by atoms with van der Waals surface area (Å²) in [6, 6.07) is 11.0. The number of aromatic hydroxyl groups is 1. The Morgan fingerprint density at radius 3 is 2.17 bits per heavy atom. The first-order valence-electron chi connectivity index (χ1n) is 11.8. The van der Waals surface area contributed by atoms with Gasteiger partial charge in [-0.25, -0.2) is 4.79 Å². The molecule has 3 aromatic rings. The Morgan fingerprint density at radius 1 is 1.09 bits per heavy atom. The summed E-state index contributed by atoms with van der Waals surface area (Å²) in [4.78, 5) is 23.4. The Labute approximate surface area is 204 Å². The summed E-state index contributed by atoms with van der Waals surface area (Å²) < 4.78 is 0. The number of aliphatic hydroxyl groups is 2. The smallest absolute Gasteiger partial charge is 0.329 e. The molecule has 8 nitrogen and oxygen atoms in total. The van der Waals surface area contributed by atoms with Crippen LogP contribution in [0.1, 0.15) is 54.7 Å². The number of phenols is 1. The van der Waals surface area contributed by atoms with E-state index in [1.54, 1.807) is 12.1 Å². The number of pyridine rings is 1. The molecule has 8 heteroatoms. The van der Waals surface area contributed by atoms with E-state index in [1.807, 2.05) is 0 Å². The average Bonchev–Trinajstić information content (AvgIpc) is 3.17. The van der Waals surface area contributed by atoms with Crippen LogP contribution in [0.25, 0.3) is 10.9 Å². The van der Waals surface area contributed by atoms with Crippen molar-refractivity contribution in [1.29, 1.82) is 0 Å². The number of benzene rings is 2. The number of aryl methyl sites for hydroxylation is 2. The van der Waals surface area contributed by atoms with Crippen LogP contribution in [0.5, 0.6) is 5.75 Å². The highest BCUT2D eigenvalue weighted by Gasteiger charge is 2.33. The molecule has 1 atom stereocenters. The van der Waals surface area contributed by atoms with Crippen LogP contribution < -0.4 is 10.9 Å². The maximum Gasteiger partial charge on any atom is 0.329 e. The Balaban J connectivity index is 0.000000623. The lowest BCUT2D eigenvalue weighted by Gasteiger charge is -2.27. The summed E-state index contributed by atoms with van der Waals surface area (Å²) in [5.74, 6) is -1.19. The Kier molecular flexibility index (Phi) is 8.32. The van der Waals surface area contributed by atoms with E-state index in [0.29, 0.717) is 23.0 Å². The van der Waals surface area contributed by atoms with E-state index in [-0.39, 0.29) is 16.8 Å². The monoisotopic (exact) mass is 482 g/mol. The average molecular weight is 483 g/mol. The lowest BCUT2D eigenvalue weighted by Crippen LogP contribution is -2.45. The molecule has 0 fully saturated rings. The number of aliphatic hydroxyl groups excluding tert-OH is 2. The minimum absolute atomic E-state index is 0.00303. The minimum Gasteiger partial charge on any atom is -0.506 e. The fourth-order valence-corrected chi connectivity index (χ4v) is 4.81. The third-order valence-electron chi connectivity index (χ3n) is 6.57. The van der Waals surface area contributed by atoms with Gasteiger partial charge in [-0.2, -0.15) is 0 Å². The van der Waals surface area contributed by atoms with Crippen molar-refractivity contribution in [1.82, 2.24) is 10.3 Å². The number of carboxylic acid groups (broad SMARTS) is 1. The highest BCUT2D eigenvalue weighted by molar-refractivity contribution is 5.87. The fraction of sp³-hybridized carbons (Fsp3) is 0.407. The predicted molar refractivity (Wildman–Crippen MR) is 135 cm³/mol. The normalized spacial score (nSPS) is 14.8. The number of nitrogens with one attached hydrogen (secondary N) is 2. The van der Waals surface area contributed by atoms with E-state index < -0.39 is 18.7 Å². The van der Waals surface area contributed by atoms with Crippen LogP contribution >= 0.6 is 0 Å². The Hall–Kier alpha value is -3.20. The van der Waals surface area contributed by atoms with E-state index in [4.69, 9.17) is 15.0 Å². The van der Waals surface area contributed by atoms with Gasteiger partial charge in [-0.05, 0) is 72.6 Å². The maximum absolute atomic E-state index is 11.6. The number of carboxylic acids is 1. The van der Waals surface area contributed by atoms with Gasteiger partial charge in [0.15, 0.2) is 0 Å². The molecule has 0 bridgehead atoms.